The lowest BCUT2D eigenvalue weighted by Crippen LogP contribution is -2.13. The number of benzene rings is 1. The average molecular weight is 289 g/mol. The minimum absolute atomic E-state index is 0.0255. The molecule has 0 radical (unpaired) electrons. The summed E-state index contributed by atoms with van der Waals surface area (Å²) in [7, 11) is 0. The van der Waals surface area contributed by atoms with Crippen LogP contribution >= 0.6 is 11.5 Å². The molecule has 0 saturated heterocycles. The number of phenols is 1. The normalized spacial score (nSPS) is 18.1. The van der Waals surface area contributed by atoms with Crippen LogP contribution in [0.15, 0.2) is 18.2 Å². The van der Waals surface area contributed by atoms with Crippen LogP contribution in [-0.4, -0.2) is 14.5 Å². The first-order valence-corrected chi connectivity index (χ1v) is 7.64. The molecule has 1 aromatic carbocycles. The van der Waals surface area contributed by atoms with Gasteiger partial charge >= 0.3 is 0 Å². The Hall–Kier alpha value is -1.62. The van der Waals surface area contributed by atoms with Crippen LogP contribution in [0.2, 0.25) is 0 Å². The van der Waals surface area contributed by atoms with Crippen molar-refractivity contribution in [1.82, 2.24) is 9.36 Å². The van der Waals surface area contributed by atoms with E-state index < -0.39 is 0 Å². The van der Waals surface area contributed by atoms with Crippen molar-refractivity contribution in [3.05, 3.63) is 35.2 Å². The SMILES string of the molecule is CC(C)(C)c1nsc(NC2CCc3c(O)cccc32)n1. The maximum Gasteiger partial charge on any atom is 0.203 e. The van der Waals surface area contributed by atoms with Crippen LogP contribution in [0.25, 0.3) is 0 Å². The number of fused-ring (bicyclic) bond motifs is 1. The Morgan fingerprint density at radius 1 is 1.35 bits per heavy atom. The first kappa shape index (κ1) is 13.4. The van der Waals surface area contributed by atoms with Crippen LogP contribution in [0, 0.1) is 0 Å². The van der Waals surface area contributed by atoms with Crippen molar-refractivity contribution in [2.75, 3.05) is 5.32 Å². The Morgan fingerprint density at radius 2 is 2.15 bits per heavy atom. The van der Waals surface area contributed by atoms with Crippen LogP contribution < -0.4 is 5.32 Å². The van der Waals surface area contributed by atoms with Crippen molar-refractivity contribution in [3.63, 3.8) is 0 Å². The molecule has 0 spiro atoms. The largest absolute Gasteiger partial charge is 0.508 e. The van der Waals surface area contributed by atoms with Gasteiger partial charge in [0.1, 0.15) is 11.6 Å². The molecule has 0 bridgehead atoms. The lowest BCUT2D eigenvalue weighted by atomic mass is 9.96. The Balaban J connectivity index is 1.81. The summed E-state index contributed by atoms with van der Waals surface area (Å²) < 4.78 is 4.42. The fourth-order valence-corrected chi connectivity index (χ4v) is 3.33. The molecule has 1 heterocycles. The molecule has 5 heteroatoms. The second-order valence-corrected chi connectivity index (χ2v) is 7.01. The van der Waals surface area contributed by atoms with E-state index in [-0.39, 0.29) is 11.5 Å². The van der Waals surface area contributed by atoms with Crippen LogP contribution in [0.3, 0.4) is 0 Å². The molecular formula is C15H19N3OS. The number of anilines is 1. The molecule has 0 aliphatic heterocycles. The van der Waals surface area contributed by atoms with E-state index in [1.807, 2.05) is 6.07 Å². The van der Waals surface area contributed by atoms with Crippen molar-refractivity contribution in [2.24, 2.45) is 0 Å². The zero-order valence-corrected chi connectivity index (χ0v) is 12.8. The highest BCUT2D eigenvalue weighted by molar-refractivity contribution is 7.09. The second kappa shape index (κ2) is 4.74. The van der Waals surface area contributed by atoms with Gasteiger partial charge in [-0.05, 0) is 30.0 Å². The molecule has 20 heavy (non-hydrogen) atoms. The van der Waals surface area contributed by atoms with Crippen LogP contribution in [0.1, 0.15) is 50.2 Å². The Kier molecular flexibility index (Phi) is 3.17. The molecule has 1 aliphatic rings. The average Bonchev–Trinajstić information content (AvgIpc) is 2.98. The van der Waals surface area contributed by atoms with Gasteiger partial charge in [0, 0.05) is 16.9 Å². The van der Waals surface area contributed by atoms with Gasteiger partial charge in [0.15, 0.2) is 0 Å². The Morgan fingerprint density at radius 3 is 2.85 bits per heavy atom. The van der Waals surface area contributed by atoms with Crippen LogP contribution in [0.4, 0.5) is 5.13 Å². The lowest BCUT2D eigenvalue weighted by Gasteiger charge is -2.14. The number of hydrogen-bond acceptors (Lipinski definition) is 5. The van der Waals surface area contributed by atoms with Gasteiger partial charge in [-0.25, -0.2) is 4.98 Å². The van der Waals surface area contributed by atoms with Gasteiger partial charge in [-0.3, -0.25) is 0 Å². The van der Waals surface area contributed by atoms with Crippen molar-refractivity contribution < 1.29 is 5.11 Å². The summed E-state index contributed by atoms with van der Waals surface area (Å²) >= 11 is 1.41. The summed E-state index contributed by atoms with van der Waals surface area (Å²) in [6.45, 7) is 6.34. The zero-order chi connectivity index (χ0) is 14.3. The van der Waals surface area contributed by atoms with Gasteiger partial charge in [-0.2, -0.15) is 4.37 Å². The molecular weight excluding hydrogens is 270 g/mol. The third-order valence-corrected chi connectivity index (χ3v) is 4.29. The highest BCUT2D eigenvalue weighted by Crippen LogP contribution is 2.38. The molecule has 2 aromatic rings. The summed E-state index contributed by atoms with van der Waals surface area (Å²) in [5, 5.41) is 14.2. The molecule has 0 fully saturated rings. The molecule has 0 amide bonds. The number of nitrogens with zero attached hydrogens (tertiary/aromatic N) is 2. The van der Waals surface area contributed by atoms with E-state index in [1.54, 1.807) is 6.07 Å². The highest BCUT2D eigenvalue weighted by atomic mass is 32.1. The summed E-state index contributed by atoms with van der Waals surface area (Å²) in [5.74, 6) is 1.28. The van der Waals surface area contributed by atoms with Gasteiger partial charge in [-0.1, -0.05) is 32.9 Å². The van der Waals surface area contributed by atoms with Crippen molar-refractivity contribution >= 4 is 16.7 Å². The Labute approximate surface area is 123 Å². The minimum atomic E-state index is -0.0255. The molecule has 1 aromatic heterocycles. The monoisotopic (exact) mass is 289 g/mol. The van der Waals surface area contributed by atoms with Gasteiger partial charge in [0.25, 0.3) is 0 Å². The summed E-state index contributed by atoms with van der Waals surface area (Å²) in [5.41, 5.74) is 2.21. The van der Waals surface area contributed by atoms with Crippen molar-refractivity contribution in [1.29, 1.82) is 0 Å². The second-order valence-electron chi connectivity index (χ2n) is 6.25. The lowest BCUT2D eigenvalue weighted by molar-refractivity contribution is 0.469. The van der Waals surface area contributed by atoms with Gasteiger partial charge < -0.3 is 10.4 Å². The minimum Gasteiger partial charge on any atom is -0.508 e. The van der Waals surface area contributed by atoms with Crippen molar-refractivity contribution in [3.8, 4) is 5.75 Å². The van der Waals surface area contributed by atoms with Gasteiger partial charge in [0.2, 0.25) is 5.13 Å². The molecule has 1 aliphatic carbocycles. The maximum atomic E-state index is 9.87. The van der Waals surface area contributed by atoms with Crippen molar-refractivity contribution in [2.45, 2.75) is 45.1 Å². The van der Waals surface area contributed by atoms with E-state index in [4.69, 9.17) is 0 Å². The maximum absolute atomic E-state index is 9.87. The van der Waals surface area contributed by atoms with E-state index in [9.17, 15) is 5.11 Å². The topological polar surface area (TPSA) is 58.0 Å². The molecule has 2 N–H and O–H groups in total. The summed E-state index contributed by atoms with van der Waals surface area (Å²) in [4.78, 5) is 4.57. The third kappa shape index (κ3) is 2.38. The molecule has 1 atom stereocenters. The molecule has 4 nitrogen and oxygen atoms in total. The van der Waals surface area contributed by atoms with E-state index >= 15 is 0 Å². The fourth-order valence-electron chi connectivity index (χ4n) is 2.52. The fraction of sp³-hybridized carbons (Fsp3) is 0.467. The summed E-state index contributed by atoms with van der Waals surface area (Å²) in [6, 6.07) is 5.95. The van der Waals surface area contributed by atoms with Gasteiger partial charge in [-0.15, -0.1) is 0 Å². The van der Waals surface area contributed by atoms with Gasteiger partial charge in [0.05, 0.1) is 6.04 Å². The number of phenolic OH excluding ortho intramolecular Hbond substituents is 1. The molecule has 106 valence electrons. The Bertz CT molecular complexity index is 630. The first-order chi connectivity index (χ1) is 9.45. The quantitative estimate of drug-likeness (QED) is 0.886. The first-order valence-electron chi connectivity index (χ1n) is 6.86. The number of rotatable bonds is 2. The van der Waals surface area contributed by atoms with Crippen LogP contribution in [0.5, 0.6) is 5.75 Å². The number of nitrogens with one attached hydrogen (secondary N) is 1. The number of aromatic nitrogens is 2. The standard InChI is InChI=1S/C15H19N3OS/c1-15(2,3)13-17-14(20-18-13)16-11-8-7-10-9(11)5-4-6-12(10)19/h4-6,11,19H,7-8H2,1-3H3,(H,16,17,18). The third-order valence-electron chi connectivity index (χ3n) is 3.64. The van der Waals surface area contributed by atoms with Crippen LogP contribution in [-0.2, 0) is 11.8 Å². The molecule has 1 unspecified atom stereocenters. The molecule has 0 saturated carbocycles. The zero-order valence-electron chi connectivity index (χ0n) is 12.0. The van der Waals surface area contributed by atoms with E-state index in [1.165, 1.54) is 17.1 Å². The number of aromatic hydroxyl groups is 1. The highest BCUT2D eigenvalue weighted by Gasteiger charge is 2.26. The van der Waals surface area contributed by atoms with E-state index in [2.05, 4.69) is 41.5 Å². The van der Waals surface area contributed by atoms with E-state index in [0.29, 0.717) is 5.75 Å². The predicted molar refractivity (Wildman–Crippen MR) is 81.4 cm³/mol. The summed E-state index contributed by atoms with van der Waals surface area (Å²) in [6.07, 6.45) is 1.89. The molecule has 3 rings (SSSR count). The van der Waals surface area contributed by atoms with E-state index in [0.717, 1.165) is 29.4 Å². The smallest absolute Gasteiger partial charge is 0.203 e. The predicted octanol–water partition coefficient (Wildman–Crippen LogP) is 3.64. The number of hydrogen-bond donors (Lipinski definition) is 2.